The Hall–Kier alpha value is -1.32. The van der Waals surface area contributed by atoms with E-state index in [1.54, 1.807) is 7.11 Å². The van der Waals surface area contributed by atoms with Crippen molar-refractivity contribution >= 4 is 0 Å². The smallest absolute Gasteiger partial charge is 0.122 e. The van der Waals surface area contributed by atoms with Gasteiger partial charge < -0.3 is 14.9 Å². The van der Waals surface area contributed by atoms with Crippen LogP contribution in [0.4, 0.5) is 0 Å². The van der Waals surface area contributed by atoms with Crippen molar-refractivity contribution in [2.24, 2.45) is 0 Å². The zero-order valence-electron chi connectivity index (χ0n) is 13.9. The first-order valence-electron chi connectivity index (χ1n) is 8.26. The minimum Gasteiger partial charge on any atom is -0.496 e. The van der Waals surface area contributed by atoms with Gasteiger partial charge in [0, 0.05) is 5.56 Å². The molecule has 22 heavy (non-hydrogen) atoms. The predicted octanol–water partition coefficient (Wildman–Crippen LogP) is 4.18. The van der Waals surface area contributed by atoms with E-state index >= 15 is 0 Å². The quantitative estimate of drug-likeness (QED) is 0.476. The summed E-state index contributed by atoms with van der Waals surface area (Å²) in [6, 6.07) is 5.71. The van der Waals surface area contributed by atoms with Crippen molar-refractivity contribution in [3.8, 4) is 5.75 Å². The number of rotatable bonds is 11. The van der Waals surface area contributed by atoms with Crippen LogP contribution in [0.3, 0.4) is 0 Å². The highest BCUT2D eigenvalue weighted by Crippen LogP contribution is 2.30. The number of aliphatic hydroxyl groups is 2. The zero-order valence-corrected chi connectivity index (χ0v) is 13.9. The Labute approximate surface area is 134 Å². The highest BCUT2D eigenvalue weighted by Gasteiger charge is 2.16. The molecule has 1 rings (SSSR count). The number of aliphatic hydroxyl groups excluding tert-OH is 2. The summed E-state index contributed by atoms with van der Waals surface area (Å²) >= 11 is 0. The molecule has 3 nitrogen and oxygen atoms in total. The van der Waals surface area contributed by atoms with E-state index in [9.17, 15) is 10.2 Å². The van der Waals surface area contributed by atoms with Crippen molar-refractivity contribution in [2.75, 3.05) is 7.11 Å². The van der Waals surface area contributed by atoms with Gasteiger partial charge in [0.05, 0.1) is 19.3 Å². The molecule has 0 fully saturated rings. The second-order valence-electron chi connectivity index (χ2n) is 5.76. The fourth-order valence-corrected chi connectivity index (χ4v) is 2.73. The monoisotopic (exact) mass is 306 g/mol. The number of hydrogen-bond donors (Lipinski definition) is 2. The van der Waals surface area contributed by atoms with E-state index in [0.717, 1.165) is 42.6 Å². The minimum atomic E-state index is -0.578. The fourth-order valence-electron chi connectivity index (χ4n) is 2.73. The van der Waals surface area contributed by atoms with Crippen LogP contribution in [0.1, 0.15) is 62.7 Å². The lowest BCUT2D eigenvalue weighted by Gasteiger charge is -2.19. The van der Waals surface area contributed by atoms with E-state index in [0.29, 0.717) is 19.3 Å². The van der Waals surface area contributed by atoms with Crippen molar-refractivity contribution in [1.82, 2.24) is 0 Å². The molecule has 0 radical (unpaired) electrons. The van der Waals surface area contributed by atoms with Crippen LogP contribution < -0.4 is 4.74 Å². The Bertz CT molecular complexity index is 442. The molecule has 0 saturated carbocycles. The summed E-state index contributed by atoms with van der Waals surface area (Å²) in [5, 5.41) is 20.5. The van der Waals surface area contributed by atoms with Crippen LogP contribution in [-0.4, -0.2) is 23.4 Å². The molecule has 0 heterocycles. The van der Waals surface area contributed by atoms with Gasteiger partial charge in [-0.2, -0.15) is 0 Å². The van der Waals surface area contributed by atoms with Crippen molar-refractivity contribution in [1.29, 1.82) is 0 Å². The van der Waals surface area contributed by atoms with Gasteiger partial charge in [-0.1, -0.05) is 44.4 Å². The summed E-state index contributed by atoms with van der Waals surface area (Å²) in [6.07, 6.45) is 6.93. The van der Waals surface area contributed by atoms with Gasteiger partial charge in [-0.3, -0.25) is 0 Å². The molecule has 1 aromatic rings. The van der Waals surface area contributed by atoms with Crippen LogP contribution in [-0.2, 0) is 6.42 Å². The largest absolute Gasteiger partial charge is 0.496 e. The molecule has 3 heteroatoms. The Morgan fingerprint density at radius 3 is 2.59 bits per heavy atom. The summed E-state index contributed by atoms with van der Waals surface area (Å²) < 4.78 is 5.37. The summed E-state index contributed by atoms with van der Waals surface area (Å²) in [6.45, 7) is 5.92. The molecule has 1 aromatic carbocycles. The van der Waals surface area contributed by atoms with Gasteiger partial charge in [-0.05, 0) is 37.3 Å². The third-order valence-electron chi connectivity index (χ3n) is 4.01. The molecule has 0 aliphatic carbocycles. The highest BCUT2D eigenvalue weighted by molar-refractivity contribution is 5.42. The SMILES string of the molecule is C=CCc1c(OC)cccc1[C@@H](O)CC[C@@H](O)CCCCC. The van der Waals surface area contributed by atoms with Gasteiger partial charge in [0.25, 0.3) is 0 Å². The van der Waals surface area contributed by atoms with Gasteiger partial charge in [0.15, 0.2) is 0 Å². The molecule has 0 unspecified atom stereocenters. The van der Waals surface area contributed by atoms with Gasteiger partial charge in [-0.15, -0.1) is 6.58 Å². The first-order valence-corrected chi connectivity index (χ1v) is 8.26. The summed E-state index contributed by atoms with van der Waals surface area (Å²) in [5.41, 5.74) is 1.85. The maximum Gasteiger partial charge on any atom is 0.122 e. The van der Waals surface area contributed by atoms with Crippen LogP contribution in [0, 0.1) is 0 Å². The predicted molar refractivity (Wildman–Crippen MR) is 91.2 cm³/mol. The van der Waals surface area contributed by atoms with Crippen molar-refractivity contribution in [3.63, 3.8) is 0 Å². The Balaban J connectivity index is 2.64. The summed E-state index contributed by atoms with van der Waals surface area (Å²) in [5.74, 6) is 0.778. The van der Waals surface area contributed by atoms with Gasteiger partial charge in [-0.25, -0.2) is 0 Å². The number of ether oxygens (including phenoxy) is 1. The van der Waals surface area contributed by atoms with Crippen LogP contribution in [0.15, 0.2) is 30.9 Å². The number of unbranched alkanes of at least 4 members (excludes halogenated alkanes) is 2. The minimum absolute atomic E-state index is 0.324. The van der Waals surface area contributed by atoms with Crippen molar-refractivity contribution in [3.05, 3.63) is 42.0 Å². The standard InChI is InChI=1S/C19H30O3/c1-4-6-7-10-15(20)13-14-18(21)16-11-8-12-19(22-3)17(16)9-5-2/h5,8,11-12,15,18,20-21H,2,4,6-7,9-10,13-14H2,1,3H3/t15-,18-/m0/s1. The topological polar surface area (TPSA) is 49.7 Å². The first-order chi connectivity index (χ1) is 10.6. The molecule has 2 N–H and O–H groups in total. The van der Waals surface area contributed by atoms with E-state index in [1.807, 2.05) is 24.3 Å². The van der Waals surface area contributed by atoms with E-state index in [4.69, 9.17) is 4.74 Å². The zero-order chi connectivity index (χ0) is 16.4. The lowest BCUT2D eigenvalue weighted by molar-refractivity contribution is 0.107. The van der Waals surface area contributed by atoms with Crippen molar-refractivity contribution in [2.45, 2.75) is 64.1 Å². The lowest BCUT2D eigenvalue weighted by Crippen LogP contribution is -2.10. The Morgan fingerprint density at radius 1 is 1.18 bits per heavy atom. The average Bonchev–Trinajstić information content (AvgIpc) is 2.53. The lowest BCUT2D eigenvalue weighted by atomic mass is 9.94. The Morgan fingerprint density at radius 2 is 1.95 bits per heavy atom. The second-order valence-corrected chi connectivity index (χ2v) is 5.76. The molecule has 0 bridgehead atoms. The van der Waals surface area contributed by atoms with E-state index in [1.165, 1.54) is 0 Å². The van der Waals surface area contributed by atoms with Gasteiger partial charge in [0.2, 0.25) is 0 Å². The van der Waals surface area contributed by atoms with E-state index in [-0.39, 0.29) is 6.10 Å². The number of benzene rings is 1. The Kier molecular flexibility index (Phi) is 8.86. The molecule has 124 valence electrons. The molecule has 0 spiro atoms. The molecule has 0 amide bonds. The first kappa shape index (κ1) is 18.7. The number of hydrogen-bond acceptors (Lipinski definition) is 3. The highest BCUT2D eigenvalue weighted by atomic mass is 16.5. The van der Waals surface area contributed by atoms with Crippen LogP contribution in [0.25, 0.3) is 0 Å². The normalized spacial score (nSPS) is 13.6. The van der Waals surface area contributed by atoms with Crippen LogP contribution >= 0.6 is 0 Å². The summed E-state index contributed by atoms with van der Waals surface area (Å²) in [4.78, 5) is 0. The van der Waals surface area contributed by atoms with E-state index < -0.39 is 6.10 Å². The molecular weight excluding hydrogens is 276 g/mol. The van der Waals surface area contributed by atoms with Crippen LogP contribution in [0.5, 0.6) is 5.75 Å². The fraction of sp³-hybridized carbons (Fsp3) is 0.579. The van der Waals surface area contributed by atoms with Gasteiger partial charge in [0.1, 0.15) is 5.75 Å². The number of allylic oxidation sites excluding steroid dienone is 1. The second kappa shape index (κ2) is 10.4. The maximum atomic E-state index is 10.5. The molecule has 0 saturated heterocycles. The third-order valence-corrected chi connectivity index (χ3v) is 4.01. The van der Waals surface area contributed by atoms with Crippen LogP contribution in [0.2, 0.25) is 0 Å². The molecular formula is C19H30O3. The number of methoxy groups -OCH3 is 1. The van der Waals surface area contributed by atoms with Crippen molar-refractivity contribution < 1.29 is 14.9 Å². The summed E-state index contributed by atoms with van der Waals surface area (Å²) in [7, 11) is 1.63. The van der Waals surface area contributed by atoms with E-state index in [2.05, 4.69) is 13.5 Å². The van der Waals surface area contributed by atoms with Gasteiger partial charge >= 0.3 is 0 Å². The maximum absolute atomic E-state index is 10.5. The molecule has 0 aliphatic rings. The third kappa shape index (κ3) is 5.82. The molecule has 2 atom stereocenters. The molecule has 0 aliphatic heterocycles. The molecule has 0 aromatic heterocycles. The average molecular weight is 306 g/mol.